The van der Waals surface area contributed by atoms with Gasteiger partial charge in [-0.15, -0.1) is 13.2 Å². The van der Waals surface area contributed by atoms with E-state index in [9.17, 15) is 0 Å². The van der Waals surface area contributed by atoms with Gasteiger partial charge in [0.2, 0.25) is 0 Å². The van der Waals surface area contributed by atoms with Gasteiger partial charge in [-0.2, -0.15) is 0 Å². The lowest BCUT2D eigenvalue weighted by Gasteiger charge is -2.47. The van der Waals surface area contributed by atoms with Gasteiger partial charge in [0.25, 0.3) is 0 Å². The van der Waals surface area contributed by atoms with Gasteiger partial charge < -0.3 is 24.7 Å². The SMILES string of the molecule is C=CC1CC(C=C)C([Si](O[Si](C)(C)C)(O[Si](C)(C)C)O[Si](C)(C)C)C1.C[Si](C)(C)O[Si](O[Si](C)(C)C)(O[Si](C)(C)C)C1CC2C=CC1C2. The van der Waals surface area contributed by atoms with E-state index < -0.39 is 67.5 Å². The summed E-state index contributed by atoms with van der Waals surface area (Å²) in [6, 6.07) is 0. The summed E-state index contributed by atoms with van der Waals surface area (Å²) in [5.41, 5.74) is 0.779. The van der Waals surface area contributed by atoms with Gasteiger partial charge in [-0.1, -0.05) is 24.3 Å². The summed E-state index contributed by atoms with van der Waals surface area (Å²) in [7, 11) is -16.3. The lowest BCUT2D eigenvalue weighted by molar-refractivity contribution is 0.225. The molecule has 2 saturated carbocycles. The first kappa shape index (κ1) is 44.9. The highest BCUT2D eigenvalue weighted by atomic mass is 28.5. The summed E-state index contributed by atoms with van der Waals surface area (Å²) >= 11 is 0. The van der Waals surface area contributed by atoms with Crippen LogP contribution in [0.25, 0.3) is 0 Å². The maximum absolute atomic E-state index is 6.91. The fourth-order valence-corrected chi connectivity index (χ4v) is 37.4. The summed E-state index contributed by atoms with van der Waals surface area (Å²) in [5, 5.41) is 0. The first-order valence-electron chi connectivity index (χ1n) is 18.4. The molecule has 0 spiro atoms. The number of allylic oxidation sites excluding steroid dienone is 4. The van der Waals surface area contributed by atoms with Crippen LogP contribution >= 0.6 is 0 Å². The summed E-state index contributed by atoms with van der Waals surface area (Å²) < 4.78 is 41.4. The Labute approximate surface area is 306 Å². The Morgan fingerprint density at radius 2 is 0.792 bits per heavy atom. The average molecular weight is 806 g/mol. The van der Waals surface area contributed by atoms with E-state index in [1.165, 1.54) is 12.8 Å². The monoisotopic (exact) mass is 804 g/mol. The normalized spacial score (nSPS) is 27.2. The second-order valence-electron chi connectivity index (χ2n) is 20.4. The van der Waals surface area contributed by atoms with Crippen molar-refractivity contribution < 1.29 is 24.7 Å². The molecule has 0 radical (unpaired) electrons. The standard InChI is InChI=1S/C18H40O3Si4.C16H36O3Si4/c1-12-16-14-17(13-2)18(15-16)25(19-22(3,4)5,20-23(6,7)8)21-24(9,10)11;1-20(2,3)17-23(18-21(4,5)6,19-22(7,8)9)16-13-14-10-11-15(16)12-14/h12-13,16-18H,1-2,14-15H2,3-11H3;10-11,14-16H,12-13H2,1-9H3. The van der Waals surface area contributed by atoms with E-state index >= 15 is 0 Å². The van der Waals surface area contributed by atoms with Crippen molar-refractivity contribution in [1.82, 2.24) is 0 Å². The lowest BCUT2D eigenvalue weighted by atomic mass is 10.1. The summed E-state index contributed by atoms with van der Waals surface area (Å²) in [6.45, 7) is 48.9. The van der Waals surface area contributed by atoms with Crippen LogP contribution in [0.1, 0.15) is 25.7 Å². The molecule has 3 aliphatic rings. The summed E-state index contributed by atoms with van der Waals surface area (Å²) in [5.74, 6) is 2.22. The van der Waals surface area contributed by atoms with Gasteiger partial charge >= 0.3 is 17.6 Å². The summed E-state index contributed by atoms with van der Waals surface area (Å²) in [4.78, 5) is 0. The Balaban J connectivity index is 0.000000334. The number of hydrogen-bond donors (Lipinski definition) is 0. The van der Waals surface area contributed by atoms with Gasteiger partial charge in [-0.25, -0.2) is 0 Å². The molecular formula is C34H76O6Si8. The molecule has 0 aliphatic heterocycles. The van der Waals surface area contributed by atoms with Crippen LogP contribution in [0.15, 0.2) is 37.5 Å². The van der Waals surface area contributed by atoms with Gasteiger partial charge in [-0.05, 0) is 167 Å². The minimum Gasteiger partial charge on any atom is -0.417 e. The van der Waals surface area contributed by atoms with Crippen LogP contribution in [0.3, 0.4) is 0 Å². The van der Waals surface area contributed by atoms with Gasteiger partial charge in [0.1, 0.15) is 0 Å². The van der Waals surface area contributed by atoms with Crippen LogP contribution < -0.4 is 0 Å². The molecule has 0 amide bonds. The van der Waals surface area contributed by atoms with E-state index in [1.807, 2.05) is 0 Å². The minimum absolute atomic E-state index is 0.304. The molecule has 6 unspecified atom stereocenters. The smallest absolute Gasteiger partial charge is 0.417 e. The van der Waals surface area contributed by atoms with Crippen molar-refractivity contribution in [2.24, 2.45) is 23.7 Å². The summed E-state index contributed by atoms with van der Waals surface area (Å²) in [6.07, 6.45) is 13.6. The highest BCUT2D eigenvalue weighted by molar-refractivity contribution is 6.91. The fourth-order valence-electron chi connectivity index (χ4n) is 7.30. The Morgan fingerprint density at radius 1 is 0.438 bits per heavy atom. The van der Waals surface area contributed by atoms with Gasteiger partial charge in [-0.3, -0.25) is 0 Å². The molecule has 3 aliphatic carbocycles. The highest BCUT2D eigenvalue weighted by Gasteiger charge is 2.61. The molecule has 0 N–H and O–H groups in total. The second kappa shape index (κ2) is 16.0. The second-order valence-corrected chi connectivity index (χ2v) is 54.5. The van der Waals surface area contributed by atoms with Crippen molar-refractivity contribution >= 4 is 67.5 Å². The van der Waals surface area contributed by atoms with Crippen LogP contribution in [0, 0.1) is 23.7 Å². The zero-order chi connectivity index (χ0) is 37.4. The Hall–Kier alpha value is 0.715. The Morgan fingerprint density at radius 3 is 1.04 bits per heavy atom. The number of fused-ring (bicyclic) bond motifs is 2. The molecule has 0 aromatic heterocycles. The molecular weight excluding hydrogens is 729 g/mol. The Kier molecular flexibility index (Phi) is 14.9. The maximum Gasteiger partial charge on any atom is 0.473 e. The number of rotatable bonds is 16. The van der Waals surface area contributed by atoms with E-state index in [-0.39, 0.29) is 0 Å². The van der Waals surface area contributed by atoms with Crippen molar-refractivity contribution in [2.45, 2.75) is 155 Å². The first-order chi connectivity index (χ1) is 21.3. The molecule has 6 nitrogen and oxygen atoms in total. The molecule has 280 valence electrons. The third-order valence-corrected chi connectivity index (χ3v) is 32.8. The molecule has 0 aromatic carbocycles. The van der Waals surface area contributed by atoms with Crippen molar-refractivity contribution in [3.63, 3.8) is 0 Å². The van der Waals surface area contributed by atoms with Crippen molar-refractivity contribution in [1.29, 1.82) is 0 Å². The van der Waals surface area contributed by atoms with Gasteiger partial charge in [0.15, 0.2) is 49.9 Å². The molecule has 2 fully saturated rings. The molecule has 14 heteroatoms. The quantitative estimate of drug-likeness (QED) is 0.114. The third-order valence-electron chi connectivity index (χ3n) is 8.16. The van der Waals surface area contributed by atoms with Crippen LogP contribution in [0.4, 0.5) is 0 Å². The van der Waals surface area contributed by atoms with Crippen LogP contribution in [0.5, 0.6) is 0 Å². The van der Waals surface area contributed by atoms with E-state index in [4.69, 9.17) is 24.7 Å². The maximum atomic E-state index is 6.91. The van der Waals surface area contributed by atoms with Crippen molar-refractivity contribution in [3.05, 3.63) is 37.5 Å². The van der Waals surface area contributed by atoms with E-state index in [0.29, 0.717) is 28.8 Å². The zero-order valence-electron chi connectivity index (χ0n) is 34.5. The largest absolute Gasteiger partial charge is 0.473 e. The average Bonchev–Trinajstić information content (AvgIpc) is 3.53. The van der Waals surface area contributed by atoms with E-state index in [1.54, 1.807) is 0 Å². The predicted molar refractivity (Wildman–Crippen MR) is 228 cm³/mol. The molecule has 2 bridgehead atoms. The predicted octanol–water partition coefficient (Wildman–Crippen LogP) is 11.7. The fraction of sp³-hybridized carbons (Fsp3) is 0.824. The molecule has 6 atom stereocenters. The topological polar surface area (TPSA) is 55.4 Å². The Bertz CT molecular complexity index is 1030. The molecule has 48 heavy (non-hydrogen) atoms. The van der Waals surface area contributed by atoms with Gasteiger partial charge in [0.05, 0.1) is 0 Å². The number of hydrogen-bond acceptors (Lipinski definition) is 6. The first-order valence-corrected chi connectivity index (χ1v) is 42.5. The molecule has 0 aromatic rings. The van der Waals surface area contributed by atoms with Crippen LogP contribution in [0.2, 0.25) is 129 Å². The van der Waals surface area contributed by atoms with Gasteiger partial charge in [0, 0.05) is 11.1 Å². The highest BCUT2D eigenvalue weighted by Crippen LogP contribution is 2.54. The van der Waals surface area contributed by atoms with Crippen molar-refractivity contribution in [2.75, 3.05) is 0 Å². The third kappa shape index (κ3) is 14.6. The van der Waals surface area contributed by atoms with E-state index in [2.05, 4.69) is 155 Å². The van der Waals surface area contributed by atoms with Crippen LogP contribution in [-0.4, -0.2) is 67.5 Å². The molecule has 0 saturated heterocycles. The molecule has 3 rings (SSSR count). The van der Waals surface area contributed by atoms with Crippen LogP contribution in [-0.2, 0) is 24.7 Å². The zero-order valence-corrected chi connectivity index (χ0v) is 42.5. The van der Waals surface area contributed by atoms with E-state index in [0.717, 1.165) is 18.8 Å². The molecule has 0 heterocycles. The lowest BCUT2D eigenvalue weighted by Crippen LogP contribution is -2.63. The van der Waals surface area contributed by atoms with Crippen molar-refractivity contribution in [3.8, 4) is 0 Å². The minimum atomic E-state index is -2.84.